The van der Waals surface area contributed by atoms with Gasteiger partial charge in [-0.05, 0) is 18.9 Å². The van der Waals surface area contributed by atoms with E-state index in [1.54, 1.807) is 13.8 Å². The van der Waals surface area contributed by atoms with Gasteiger partial charge in [0.05, 0.1) is 0 Å². The molecule has 6 atom stereocenters. The molecule has 0 radical (unpaired) electrons. The monoisotopic (exact) mass is 432 g/mol. The van der Waals surface area contributed by atoms with Gasteiger partial charge in [0.15, 0.2) is 6.23 Å². The number of nitrogens with two attached hydrogens (primary N) is 2. The quantitative estimate of drug-likeness (QED) is 0.255. The molecule has 0 spiro atoms. The minimum atomic E-state index is -1.39. The predicted octanol–water partition coefficient (Wildman–Crippen LogP) is -2.58. The smallest absolute Gasteiger partial charge is 0.351 e. The van der Waals surface area contributed by atoms with Crippen molar-refractivity contribution in [3.05, 3.63) is 22.7 Å². The van der Waals surface area contributed by atoms with Crippen molar-refractivity contribution in [3.63, 3.8) is 0 Å². The standard InChI is InChI=1S/C14H22N4O6.C3H6O3/c1-6(2)9(16)13(21)23-5-7-10(19)11(20)12(24-7)18-4-3-8(15)17-14(18)22;1-2(4)3(5)6/h3-4,6-7,9-12,19-20H,5,16H2,1-2H3,(H2,15,17,22);2,4H,1H3,(H,5,6)/t7-,9-,10-,11+,12-;/m1./s1. The number of hydrogen-bond acceptors (Lipinski definition) is 11. The molecule has 0 saturated carbocycles. The molecule has 1 aromatic rings. The first-order valence-electron chi connectivity index (χ1n) is 9.06. The molecule has 1 fully saturated rings. The Bertz CT molecular complexity index is 783. The number of esters is 1. The Kier molecular flexibility index (Phi) is 9.32. The molecule has 1 aromatic heterocycles. The highest BCUT2D eigenvalue weighted by Gasteiger charge is 2.44. The van der Waals surface area contributed by atoms with Crippen molar-refractivity contribution in [3.8, 4) is 0 Å². The van der Waals surface area contributed by atoms with Gasteiger partial charge in [0.25, 0.3) is 0 Å². The average molecular weight is 432 g/mol. The van der Waals surface area contributed by atoms with Crippen LogP contribution in [0.2, 0.25) is 0 Å². The number of rotatable bonds is 6. The van der Waals surface area contributed by atoms with Crippen molar-refractivity contribution in [2.75, 3.05) is 12.3 Å². The van der Waals surface area contributed by atoms with Crippen molar-refractivity contribution < 1.29 is 39.5 Å². The third-order valence-electron chi connectivity index (χ3n) is 4.20. The Hall–Kier alpha value is -2.58. The summed E-state index contributed by atoms with van der Waals surface area (Å²) in [7, 11) is 0. The number of hydrogen-bond donors (Lipinski definition) is 6. The van der Waals surface area contributed by atoms with Crippen molar-refractivity contribution in [2.45, 2.75) is 57.5 Å². The lowest BCUT2D eigenvalue weighted by atomic mass is 10.1. The van der Waals surface area contributed by atoms with Crippen LogP contribution in [-0.2, 0) is 19.1 Å². The van der Waals surface area contributed by atoms with E-state index >= 15 is 0 Å². The minimum absolute atomic E-state index is 0.0254. The maximum absolute atomic E-state index is 11.8. The van der Waals surface area contributed by atoms with E-state index in [-0.39, 0.29) is 18.3 Å². The van der Waals surface area contributed by atoms with Gasteiger partial charge >= 0.3 is 17.6 Å². The molecule has 13 nitrogen and oxygen atoms in total. The third kappa shape index (κ3) is 6.74. The van der Waals surface area contributed by atoms with E-state index in [0.29, 0.717) is 0 Å². The second kappa shape index (κ2) is 11.0. The molecule has 8 N–H and O–H groups in total. The van der Waals surface area contributed by atoms with Crippen molar-refractivity contribution in [1.82, 2.24) is 9.55 Å². The van der Waals surface area contributed by atoms with Gasteiger partial charge in [0, 0.05) is 6.20 Å². The molecule has 0 aliphatic carbocycles. The molecule has 0 aromatic carbocycles. The second-order valence-corrected chi connectivity index (χ2v) is 7.00. The van der Waals surface area contributed by atoms with Crippen molar-refractivity contribution >= 4 is 17.8 Å². The van der Waals surface area contributed by atoms with E-state index in [2.05, 4.69) is 4.98 Å². The first-order valence-corrected chi connectivity index (χ1v) is 9.06. The van der Waals surface area contributed by atoms with Crippen LogP contribution < -0.4 is 17.2 Å². The first-order chi connectivity index (χ1) is 13.9. The molecule has 2 rings (SSSR count). The molecule has 1 aliphatic heterocycles. The third-order valence-corrected chi connectivity index (χ3v) is 4.20. The Morgan fingerprint density at radius 2 is 1.87 bits per heavy atom. The summed E-state index contributed by atoms with van der Waals surface area (Å²) in [5.41, 5.74) is 10.3. The fourth-order valence-corrected chi connectivity index (χ4v) is 2.25. The molecule has 1 aliphatic rings. The zero-order valence-corrected chi connectivity index (χ0v) is 16.8. The summed E-state index contributed by atoms with van der Waals surface area (Å²) < 4.78 is 11.5. The molecule has 0 amide bonds. The van der Waals surface area contributed by atoms with Crippen LogP contribution in [0.15, 0.2) is 17.1 Å². The normalized spacial score (nSPS) is 25.2. The van der Waals surface area contributed by atoms with Gasteiger partial charge in [-0.1, -0.05) is 13.8 Å². The van der Waals surface area contributed by atoms with Gasteiger partial charge in [-0.15, -0.1) is 0 Å². The maximum atomic E-state index is 11.8. The van der Waals surface area contributed by atoms with Crippen molar-refractivity contribution in [2.24, 2.45) is 11.7 Å². The van der Waals surface area contributed by atoms with Crippen LogP contribution >= 0.6 is 0 Å². The van der Waals surface area contributed by atoms with E-state index in [4.69, 9.17) is 31.2 Å². The Labute approximate surface area is 171 Å². The number of carboxylic acids is 1. The highest BCUT2D eigenvalue weighted by Crippen LogP contribution is 2.28. The second-order valence-electron chi connectivity index (χ2n) is 7.00. The van der Waals surface area contributed by atoms with Gasteiger partial charge < -0.3 is 41.4 Å². The molecule has 2 heterocycles. The van der Waals surface area contributed by atoms with Crippen molar-refractivity contribution in [1.29, 1.82) is 0 Å². The Morgan fingerprint density at radius 1 is 1.30 bits per heavy atom. The number of carbonyl (C=O) groups is 2. The summed E-state index contributed by atoms with van der Waals surface area (Å²) in [6, 6.07) is 0.562. The topological polar surface area (TPSA) is 220 Å². The summed E-state index contributed by atoms with van der Waals surface area (Å²) in [6.45, 7) is 4.44. The number of ether oxygens (including phenoxy) is 2. The Morgan fingerprint density at radius 3 is 2.33 bits per heavy atom. The number of anilines is 1. The zero-order valence-electron chi connectivity index (χ0n) is 16.8. The number of nitrogen functional groups attached to an aromatic ring is 1. The fraction of sp³-hybridized carbons (Fsp3) is 0.647. The van der Waals surface area contributed by atoms with E-state index in [9.17, 15) is 24.6 Å². The fourth-order valence-electron chi connectivity index (χ4n) is 2.25. The number of aliphatic hydroxyl groups excluding tert-OH is 3. The van der Waals surface area contributed by atoms with Gasteiger partial charge in [0.1, 0.15) is 42.9 Å². The number of nitrogens with zero attached hydrogens (tertiary/aromatic N) is 2. The molecular weight excluding hydrogens is 404 g/mol. The maximum Gasteiger partial charge on any atom is 0.351 e. The highest BCUT2D eigenvalue weighted by atomic mass is 16.6. The van der Waals surface area contributed by atoms with Crippen LogP contribution in [0.1, 0.15) is 27.0 Å². The summed E-state index contributed by atoms with van der Waals surface area (Å²) in [5, 5.41) is 35.9. The number of aliphatic carboxylic acids is 1. The number of carboxylic acid groups (broad SMARTS) is 1. The molecule has 1 unspecified atom stereocenters. The van der Waals surface area contributed by atoms with E-state index in [0.717, 1.165) is 4.57 Å². The van der Waals surface area contributed by atoms with E-state index in [1.165, 1.54) is 19.2 Å². The van der Waals surface area contributed by atoms with Gasteiger partial charge in [0.2, 0.25) is 0 Å². The van der Waals surface area contributed by atoms with Crippen LogP contribution in [0.4, 0.5) is 5.82 Å². The van der Waals surface area contributed by atoms with E-state index in [1.807, 2.05) is 0 Å². The first kappa shape index (κ1) is 25.5. The number of carbonyl (C=O) groups excluding carboxylic acids is 1. The number of aromatic nitrogens is 2. The van der Waals surface area contributed by atoms with Crippen LogP contribution in [0.3, 0.4) is 0 Å². The summed E-state index contributed by atoms with van der Waals surface area (Å²) in [6.07, 6.45) is -4.84. The van der Waals surface area contributed by atoms with Gasteiger partial charge in [-0.25, -0.2) is 9.59 Å². The van der Waals surface area contributed by atoms with Gasteiger partial charge in [-0.2, -0.15) is 4.98 Å². The largest absolute Gasteiger partial charge is 0.479 e. The molecule has 13 heteroatoms. The summed E-state index contributed by atoms with van der Waals surface area (Å²) >= 11 is 0. The summed E-state index contributed by atoms with van der Waals surface area (Å²) in [4.78, 5) is 36.5. The van der Waals surface area contributed by atoms with Crippen LogP contribution in [0, 0.1) is 5.92 Å². The zero-order chi connectivity index (χ0) is 23.2. The van der Waals surface area contributed by atoms with Gasteiger partial charge in [-0.3, -0.25) is 9.36 Å². The number of aliphatic hydroxyl groups is 3. The highest BCUT2D eigenvalue weighted by molar-refractivity contribution is 5.75. The molecule has 0 bridgehead atoms. The SMILES string of the molecule is CC(C)[C@@H](N)C(=O)OC[C@H]1O[C@@H](n2ccc(N)nc2=O)[C@@H](O)[C@@H]1O.CC(O)C(=O)O. The van der Waals surface area contributed by atoms with Crippen LogP contribution in [0.25, 0.3) is 0 Å². The average Bonchev–Trinajstić information content (AvgIpc) is 2.94. The molecule has 30 heavy (non-hydrogen) atoms. The van der Waals surface area contributed by atoms with Crippen LogP contribution in [-0.4, -0.2) is 79.0 Å². The molecule has 170 valence electrons. The van der Waals surface area contributed by atoms with E-state index < -0.39 is 54.3 Å². The lowest BCUT2D eigenvalue weighted by Crippen LogP contribution is -2.40. The lowest BCUT2D eigenvalue weighted by molar-refractivity contribution is -0.152. The Balaban J connectivity index is 0.000000656. The summed E-state index contributed by atoms with van der Waals surface area (Å²) in [5.74, 6) is -1.90. The molecular formula is C17H28N4O9. The predicted molar refractivity (Wildman–Crippen MR) is 102 cm³/mol. The minimum Gasteiger partial charge on any atom is -0.479 e. The lowest BCUT2D eigenvalue weighted by Gasteiger charge is -2.18. The van der Waals surface area contributed by atoms with Crippen LogP contribution in [0.5, 0.6) is 0 Å². The molecule has 1 saturated heterocycles.